The average Bonchev–Trinajstić information content (AvgIpc) is 2.72. The molecule has 0 aromatic heterocycles. The smallest absolute Gasteiger partial charge is 0.150 e. The van der Waals surface area contributed by atoms with E-state index in [1.807, 2.05) is 6.92 Å². The molecule has 2 atom stereocenters. The lowest BCUT2D eigenvalue weighted by Gasteiger charge is -2.23. The first-order valence-electron chi connectivity index (χ1n) is 7.93. The Morgan fingerprint density at radius 3 is 2.60 bits per heavy atom. The summed E-state index contributed by atoms with van der Waals surface area (Å²) >= 11 is 0. The Hall–Kier alpha value is -0.130. The van der Waals surface area contributed by atoms with E-state index in [2.05, 4.69) is 19.2 Å². The first-order valence-corrected chi connectivity index (χ1v) is 9.75. The summed E-state index contributed by atoms with van der Waals surface area (Å²) in [5, 5.41) is 3.49. The molecule has 0 aliphatic carbocycles. The van der Waals surface area contributed by atoms with Crippen LogP contribution in [0, 0.1) is 17.8 Å². The van der Waals surface area contributed by atoms with E-state index in [1.165, 1.54) is 0 Å². The van der Waals surface area contributed by atoms with Crippen LogP contribution in [0.5, 0.6) is 0 Å². The highest BCUT2D eigenvalue weighted by molar-refractivity contribution is 7.91. The first kappa shape index (κ1) is 17.9. The fraction of sp³-hybridized carbons (Fsp3) is 1.00. The van der Waals surface area contributed by atoms with E-state index in [-0.39, 0.29) is 0 Å². The molecule has 20 heavy (non-hydrogen) atoms. The van der Waals surface area contributed by atoms with Crippen molar-refractivity contribution in [2.24, 2.45) is 17.8 Å². The van der Waals surface area contributed by atoms with Gasteiger partial charge in [0.25, 0.3) is 0 Å². The summed E-state index contributed by atoms with van der Waals surface area (Å²) < 4.78 is 28.7. The molecular weight excluding hydrogens is 274 g/mol. The van der Waals surface area contributed by atoms with Crippen molar-refractivity contribution >= 4 is 9.84 Å². The maximum absolute atomic E-state index is 11.7. The van der Waals surface area contributed by atoms with Crippen LogP contribution < -0.4 is 5.32 Å². The van der Waals surface area contributed by atoms with Gasteiger partial charge in [-0.15, -0.1) is 0 Å². The van der Waals surface area contributed by atoms with Crippen molar-refractivity contribution in [2.45, 2.75) is 40.0 Å². The molecule has 1 saturated heterocycles. The van der Waals surface area contributed by atoms with Crippen LogP contribution in [0.3, 0.4) is 0 Å². The maximum Gasteiger partial charge on any atom is 0.150 e. The van der Waals surface area contributed by atoms with Crippen LogP contribution in [0.4, 0.5) is 0 Å². The number of sulfone groups is 1. The average molecular weight is 305 g/mol. The monoisotopic (exact) mass is 305 g/mol. The van der Waals surface area contributed by atoms with E-state index in [0.717, 1.165) is 45.6 Å². The molecule has 2 unspecified atom stereocenters. The molecule has 120 valence electrons. The molecule has 4 nitrogen and oxygen atoms in total. The molecule has 1 heterocycles. The molecule has 1 rings (SSSR count). The van der Waals surface area contributed by atoms with Gasteiger partial charge < -0.3 is 10.1 Å². The van der Waals surface area contributed by atoms with Crippen molar-refractivity contribution in [2.75, 3.05) is 37.8 Å². The van der Waals surface area contributed by atoms with Gasteiger partial charge in [-0.2, -0.15) is 0 Å². The van der Waals surface area contributed by atoms with Crippen LogP contribution in [-0.2, 0) is 14.6 Å². The van der Waals surface area contributed by atoms with E-state index in [0.29, 0.717) is 29.3 Å². The summed E-state index contributed by atoms with van der Waals surface area (Å²) in [6.45, 7) is 9.87. The van der Waals surface area contributed by atoms with Crippen molar-refractivity contribution in [3.63, 3.8) is 0 Å². The van der Waals surface area contributed by atoms with Gasteiger partial charge in [0, 0.05) is 13.2 Å². The predicted molar refractivity (Wildman–Crippen MR) is 83.7 cm³/mol. The largest absolute Gasteiger partial charge is 0.382 e. The first-order chi connectivity index (χ1) is 9.44. The van der Waals surface area contributed by atoms with Crippen molar-refractivity contribution in [1.29, 1.82) is 0 Å². The van der Waals surface area contributed by atoms with Crippen molar-refractivity contribution < 1.29 is 13.2 Å². The summed E-state index contributed by atoms with van der Waals surface area (Å²) in [5.41, 5.74) is 0. The molecular formula is C15H31NO3S. The molecule has 1 aliphatic heterocycles. The fourth-order valence-electron chi connectivity index (χ4n) is 2.85. The molecule has 0 aromatic carbocycles. The Labute approximate surface area is 124 Å². The molecule has 0 amide bonds. The fourth-order valence-corrected chi connectivity index (χ4v) is 4.77. The SMILES string of the molecule is CCOCCCC(CNCC(C)C)C1CCS(=O)(=O)C1. The molecule has 0 radical (unpaired) electrons. The Morgan fingerprint density at radius 2 is 2.05 bits per heavy atom. The third kappa shape index (κ3) is 7.04. The van der Waals surface area contributed by atoms with Gasteiger partial charge in [-0.3, -0.25) is 0 Å². The zero-order chi connectivity index (χ0) is 15.0. The Kier molecular flexibility index (Phi) is 8.07. The van der Waals surface area contributed by atoms with Gasteiger partial charge in [0.05, 0.1) is 11.5 Å². The Morgan fingerprint density at radius 1 is 1.30 bits per heavy atom. The van der Waals surface area contributed by atoms with Crippen LogP contribution in [0.15, 0.2) is 0 Å². The minimum atomic E-state index is -2.78. The highest BCUT2D eigenvalue weighted by atomic mass is 32.2. The third-order valence-electron chi connectivity index (χ3n) is 3.96. The summed E-state index contributed by atoms with van der Waals surface area (Å²) in [6, 6.07) is 0. The van der Waals surface area contributed by atoms with Crippen LogP contribution in [0.1, 0.15) is 40.0 Å². The van der Waals surface area contributed by atoms with Crippen LogP contribution >= 0.6 is 0 Å². The zero-order valence-corrected chi connectivity index (χ0v) is 14.0. The second-order valence-electron chi connectivity index (χ2n) is 6.31. The van der Waals surface area contributed by atoms with Crippen LogP contribution in [-0.4, -0.2) is 46.2 Å². The third-order valence-corrected chi connectivity index (χ3v) is 5.75. The molecule has 0 bridgehead atoms. The van der Waals surface area contributed by atoms with Gasteiger partial charge in [0.1, 0.15) is 0 Å². The molecule has 0 spiro atoms. The van der Waals surface area contributed by atoms with Crippen molar-refractivity contribution in [3.8, 4) is 0 Å². The summed E-state index contributed by atoms with van der Waals surface area (Å²) in [6.07, 6.45) is 2.93. The van der Waals surface area contributed by atoms with Gasteiger partial charge in [-0.05, 0) is 57.0 Å². The lowest BCUT2D eigenvalue weighted by Crippen LogP contribution is -2.31. The highest BCUT2D eigenvalue weighted by Crippen LogP contribution is 2.28. The number of hydrogen-bond acceptors (Lipinski definition) is 4. The van der Waals surface area contributed by atoms with Crippen molar-refractivity contribution in [3.05, 3.63) is 0 Å². The normalized spacial score (nSPS) is 23.3. The quantitative estimate of drug-likeness (QED) is 0.628. The number of nitrogens with one attached hydrogen (secondary N) is 1. The number of hydrogen-bond donors (Lipinski definition) is 1. The van der Waals surface area contributed by atoms with E-state index >= 15 is 0 Å². The van der Waals surface area contributed by atoms with Gasteiger partial charge >= 0.3 is 0 Å². The minimum absolute atomic E-state index is 0.335. The molecule has 0 saturated carbocycles. The molecule has 1 aliphatic rings. The van der Waals surface area contributed by atoms with Gasteiger partial charge in [-0.25, -0.2) is 8.42 Å². The van der Waals surface area contributed by atoms with E-state index in [9.17, 15) is 8.42 Å². The molecule has 0 aromatic rings. The Bertz CT molecular complexity index is 354. The van der Waals surface area contributed by atoms with Gasteiger partial charge in [-0.1, -0.05) is 13.8 Å². The zero-order valence-electron chi connectivity index (χ0n) is 13.2. The highest BCUT2D eigenvalue weighted by Gasteiger charge is 2.33. The van der Waals surface area contributed by atoms with Crippen molar-refractivity contribution in [1.82, 2.24) is 5.32 Å². The van der Waals surface area contributed by atoms with Gasteiger partial charge in [0.15, 0.2) is 9.84 Å². The second kappa shape index (κ2) is 9.00. The minimum Gasteiger partial charge on any atom is -0.382 e. The van der Waals surface area contributed by atoms with E-state index < -0.39 is 9.84 Å². The van der Waals surface area contributed by atoms with Crippen LogP contribution in [0.25, 0.3) is 0 Å². The summed E-state index contributed by atoms with van der Waals surface area (Å²) in [5.74, 6) is 2.19. The predicted octanol–water partition coefficient (Wildman–Crippen LogP) is 2.10. The molecule has 1 N–H and O–H groups in total. The van der Waals surface area contributed by atoms with Crippen LogP contribution in [0.2, 0.25) is 0 Å². The maximum atomic E-state index is 11.7. The number of rotatable bonds is 10. The molecule has 1 fully saturated rings. The standard InChI is InChI=1S/C15H31NO3S/c1-4-19-8-5-6-14(11-16-10-13(2)3)15-7-9-20(17,18)12-15/h13-16H,4-12H2,1-3H3. The second-order valence-corrected chi connectivity index (χ2v) is 8.54. The lowest BCUT2D eigenvalue weighted by molar-refractivity contribution is 0.135. The summed E-state index contributed by atoms with van der Waals surface area (Å²) in [7, 11) is -2.78. The topological polar surface area (TPSA) is 55.4 Å². The lowest BCUT2D eigenvalue weighted by atomic mass is 9.88. The Balaban J connectivity index is 2.41. The molecule has 5 heteroatoms. The van der Waals surface area contributed by atoms with Gasteiger partial charge in [0.2, 0.25) is 0 Å². The number of ether oxygens (including phenoxy) is 1. The van der Waals surface area contributed by atoms with E-state index in [4.69, 9.17) is 4.74 Å². The summed E-state index contributed by atoms with van der Waals surface area (Å²) in [4.78, 5) is 0. The van der Waals surface area contributed by atoms with E-state index in [1.54, 1.807) is 0 Å².